The number of nitriles is 1. The minimum Gasteiger partial charge on any atom is -0.296 e. The molecule has 1 N–H and O–H groups in total. The fourth-order valence-electron chi connectivity index (χ4n) is 2.41. The maximum absolute atomic E-state index is 12.4. The number of carbonyl (C=O) groups excluding carboxylic acids is 1. The Bertz CT molecular complexity index is 1140. The molecule has 0 aliphatic carbocycles. The lowest BCUT2D eigenvalue weighted by molar-refractivity contribution is 0.102. The number of aromatic nitrogens is 3. The Morgan fingerprint density at radius 2 is 1.81 bits per heavy atom. The summed E-state index contributed by atoms with van der Waals surface area (Å²) >= 11 is 1.32. The molecule has 0 bridgehead atoms. The summed E-state index contributed by atoms with van der Waals surface area (Å²) < 4.78 is 0. The second kappa shape index (κ2) is 6.70. The number of nitrogens with zero attached hydrogens (tertiary/aromatic N) is 4. The van der Waals surface area contributed by atoms with Crippen LogP contribution in [-0.2, 0) is 0 Å². The predicted molar refractivity (Wildman–Crippen MR) is 99.8 cm³/mol. The van der Waals surface area contributed by atoms with Crippen molar-refractivity contribution in [2.24, 2.45) is 0 Å². The third kappa shape index (κ3) is 3.14. The van der Waals surface area contributed by atoms with E-state index in [4.69, 9.17) is 5.26 Å². The number of hydrogen-bond acceptors (Lipinski definition) is 6. The molecule has 0 fully saturated rings. The van der Waals surface area contributed by atoms with Crippen molar-refractivity contribution in [2.45, 2.75) is 0 Å². The molecular formula is C19H11N5OS. The molecule has 0 saturated heterocycles. The Labute approximate surface area is 152 Å². The van der Waals surface area contributed by atoms with Crippen LogP contribution in [0.2, 0.25) is 0 Å². The molecule has 6 nitrogen and oxygen atoms in total. The molecule has 4 rings (SSSR count). The minimum absolute atomic E-state index is 0.235. The van der Waals surface area contributed by atoms with Gasteiger partial charge in [-0.1, -0.05) is 24.3 Å². The number of thiazole rings is 1. The van der Waals surface area contributed by atoms with Crippen molar-refractivity contribution < 1.29 is 4.79 Å². The standard InChI is InChI=1S/C19H11N5OS/c20-9-12-5-7-13(8-6-12)17-11-26-19(23-17)24-18(25)16-10-21-14-3-1-2-4-15(14)22-16/h1-8,10-11H,(H,23,24,25). The molecule has 0 spiro atoms. The summed E-state index contributed by atoms with van der Waals surface area (Å²) in [4.78, 5) is 25.4. The molecule has 2 aromatic heterocycles. The Morgan fingerprint density at radius 3 is 2.58 bits per heavy atom. The highest BCUT2D eigenvalue weighted by molar-refractivity contribution is 7.14. The van der Waals surface area contributed by atoms with E-state index in [1.807, 2.05) is 41.8 Å². The Hall–Kier alpha value is -3.63. The third-order valence-corrected chi connectivity index (χ3v) is 4.47. The summed E-state index contributed by atoms with van der Waals surface area (Å²) in [5.41, 5.74) is 3.84. The van der Waals surface area contributed by atoms with E-state index in [0.717, 1.165) is 16.8 Å². The summed E-state index contributed by atoms with van der Waals surface area (Å²) in [5, 5.41) is 13.9. The zero-order chi connectivity index (χ0) is 17.9. The number of amides is 1. The van der Waals surface area contributed by atoms with Crippen LogP contribution < -0.4 is 5.32 Å². The van der Waals surface area contributed by atoms with Crippen molar-refractivity contribution in [1.82, 2.24) is 15.0 Å². The van der Waals surface area contributed by atoms with Gasteiger partial charge in [-0.2, -0.15) is 5.26 Å². The zero-order valence-corrected chi connectivity index (χ0v) is 14.2. The highest BCUT2D eigenvalue weighted by Crippen LogP contribution is 2.25. The van der Waals surface area contributed by atoms with E-state index in [0.29, 0.717) is 16.2 Å². The highest BCUT2D eigenvalue weighted by Gasteiger charge is 2.12. The van der Waals surface area contributed by atoms with E-state index in [1.54, 1.807) is 12.1 Å². The molecule has 26 heavy (non-hydrogen) atoms. The van der Waals surface area contributed by atoms with Crippen LogP contribution in [0, 0.1) is 11.3 Å². The maximum atomic E-state index is 12.4. The molecule has 0 atom stereocenters. The minimum atomic E-state index is -0.357. The number of nitrogens with one attached hydrogen (secondary N) is 1. The smallest absolute Gasteiger partial charge is 0.277 e. The van der Waals surface area contributed by atoms with E-state index < -0.39 is 0 Å². The van der Waals surface area contributed by atoms with Gasteiger partial charge in [-0.3, -0.25) is 15.1 Å². The average molecular weight is 357 g/mol. The van der Waals surface area contributed by atoms with Crippen LogP contribution in [0.15, 0.2) is 60.1 Å². The Morgan fingerprint density at radius 1 is 1.04 bits per heavy atom. The third-order valence-electron chi connectivity index (χ3n) is 3.72. The average Bonchev–Trinajstić information content (AvgIpc) is 3.16. The first-order valence-corrected chi connectivity index (χ1v) is 8.60. The van der Waals surface area contributed by atoms with Gasteiger partial charge in [-0.15, -0.1) is 11.3 Å². The van der Waals surface area contributed by atoms with E-state index in [2.05, 4.69) is 26.3 Å². The van der Waals surface area contributed by atoms with Gasteiger partial charge in [0.1, 0.15) is 5.69 Å². The number of benzene rings is 2. The first kappa shape index (κ1) is 15.9. The van der Waals surface area contributed by atoms with E-state index in [-0.39, 0.29) is 11.6 Å². The molecule has 0 aliphatic heterocycles. The molecule has 2 heterocycles. The molecule has 1 amide bonds. The Balaban J connectivity index is 1.54. The fourth-order valence-corrected chi connectivity index (χ4v) is 3.12. The second-order valence-electron chi connectivity index (χ2n) is 5.43. The molecule has 4 aromatic rings. The van der Waals surface area contributed by atoms with Crippen molar-refractivity contribution in [2.75, 3.05) is 5.32 Å². The molecule has 0 radical (unpaired) electrons. The van der Waals surface area contributed by atoms with Crippen LogP contribution in [0.1, 0.15) is 16.1 Å². The summed E-state index contributed by atoms with van der Waals surface area (Å²) in [6.07, 6.45) is 1.45. The molecule has 0 unspecified atom stereocenters. The van der Waals surface area contributed by atoms with Crippen molar-refractivity contribution in [3.05, 3.63) is 71.4 Å². The molecule has 7 heteroatoms. The summed E-state index contributed by atoms with van der Waals surface area (Å²) in [7, 11) is 0. The number of para-hydroxylation sites is 2. The second-order valence-corrected chi connectivity index (χ2v) is 6.28. The van der Waals surface area contributed by atoms with Gasteiger partial charge in [0.05, 0.1) is 34.6 Å². The van der Waals surface area contributed by atoms with Gasteiger partial charge >= 0.3 is 0 Å². The number of fused-ring (bicyclic) bond motifs is 1. The maximum Gasteiger partial charge on any atom is 0.277 e. The lowest BCUT2D eigenvalue weighted by Gasteiger charge is -2.02. The number of rotatable bonds is 3. The quantitative estimate of drug-likeness (QED) is 0.601. The number of carbonyl (C=O) groups is 1. The number of hydrogen-bond donors (Lipinski definition) is 1. The first-order chi connectivity index (χ1) is 12.7. The molecule has 0 aliphatic rings. The molecule has 124 valence electrons. The van der Waals surface area contributed by atoms with E-state index in [1.165, 1.54) is 17.5 Å². The predicted octanol–water partition coefficient (Wildman–Crippen LogP) is 3.88. The van der Waals surface area contributed by atoms with Gasteiger partial charge < -0.3 is 0 Å². The van der Waals surface area contributed by atoms with Gasteiger partial charge in [0.15, 0.2) is 5.13 Å². The molecular weight excluding hydrogens is 346 g/mol. The largest absolute Gasteiger partial charge is 0.296 e. The van der Waals surface area contributed by atoms with Crippen LogP contribution in [0.5, 0.6) is 0 Å². The summed E-state index contributed by atoms with van der Waals surface area (Å²) in [6.45, 7) is 0. The highest BCUT2D eigenvalue weighted by atomic mass is 32.1. The zero-order valence-electron chi connectivity index (χ0n) is 13.4. The van der Waals surface area contributed by atoms with Gasteiger partial charge in [0.2, 0.25) is 0 Å². The van der Waals surface area contributed by atoms with Gasteiger partial charge in [-0.25, -0.2) is 9.97 Å². The van der Waals surface area contributed by atoms with Crippen molar-refractivity contribution in [3.63, 3.8) is 0 Å². The molecule has 2 aromatic carbocycles. The Kier molecular flexibility index (Phi) is 4.09. The van der Waals surface area contributed by atoms with Crippen LogP contribution >= 0.6 is 11.3 Å². The van der Waals surface area contributed by atoms with Crippen LogP contribution in [0.25, 0.3) is 22.3 Å². The van der Waals surface area contributed by atoms with E-state index in [9.17, 15) is 4.79 Å². The lowest BCUT2D eigenvalue weighted by atomic mass is 10.1. The SMILES string of the molecule is N#Cc1ccc(-c2csc(NC(=O)c3cnc4ccccc4n3)n2)cc1. The topological polar surface area (TPSA) is 91.6 Å². The van der Waals surface area contributed by atoms with Crippen LogP contribution in [0.3, 0.4) is 0 Å². The fraction of sp³-hybridized carbons (Fsp3) is 0. The first-order valence-electron chi connectivity index (χ1n) is 7.72. The summed E-state index contributed by atoms with van der Waals surface area (Å²) in [6, 6.07) is 16.6. The summed E-state index contributed by atoms with van der Waals surface area (Å²) in [5.74, 6) is -0.357. The normalized spacial score (nSPS) is 10.4. The van der Waals surface area contributed by atoms with Crippen LogP contribution in [-0.4, -0.2) is 20.9 Å². The molecule has 0 saturated carbocycles. The lowest BCUT2D eigenvalue weighted by Crippen LogP contribution is -2.14. The van der Waals surface area contributed by atoms with Crippen molar-refractivity contribution in [3.8, 4) is 17.3 Å². The van der Waals surface area contributed by atoms with Crippen molar-refractivity contribution >= 4 is 33.4 Å². The van der Waals surface area contributed by atoms with E-state index >= 15 is 0 Å². The van der Waals surface area contributed by atoms with Gasteiger partial charge in [0.25, 0.3) is 5.91 Å². The number of anilines is 1. The van der Waals surface area contributed by atoms with Gasteiger partial charge in [0, 0.05) is 10.9 Å². The van der Waals surface area contributed by atoms with Crippen LogP contribution in [0.4, 0.5) is 5.13 Å². The van der Waals surface area contributed by atoms with Crippen molar-refractivity contribution in [1.29, 1.82) is 5.26 Å². The van der Waals surface area contributed by atoms with Gasteiger partial charge in [-0.05, 0) is 24.3 Å². The monoisotopic (exact) mass is 357 g/mol.